The molecule has 0 bridgehead atoms. The molecular weight excluding hydrogens is 320 g/mol. The van der Waals surface area contributed by atoms with Gasteiger partial charge in [0, 0.05) is 16.8 Å². The number of H-pyrrole nitrogens is 1. The van der Waals surface area contributed by atoms with Crippen LogP contribution >= 0.6 is 22.9 Å². The molecule has 0 saturated heterocycles. The molecule has 1 aromatic carbocycles. The minimum Gasteiger partial charge on any atom is -0.350 e. The van der Waals surface area contributed by atoms with Crippen molar-refractivity contribution < 1.29 is 4.79 Å². The third kappa shape index (κ3) is 3.21. The lowest BCUT2D eigenvalue weighted by Crippen LogP contribution is -2.28. The van der Waals surface area contributed by atoms with Crippen LogP contribution in [0.5, 0.6) is 0 Å². The van der Waals surface area contributed by atoms with Crippen LogP contribution in [0.15, 0.2) is 47.3 Å². The summed E-state index contributed by atoms with van der Waals surface area (Å²) < 4.78 is 0.736. The molecule has 2 heterocycles. The van der Waals surface area contributed by atoms with Gasteiger partial charge in [0.2, 0.25) is 0 Å². The first-order valence-corrected chi connectivity index (χ1v) is 7.97. The monoisotopic (exact) mass is 332 g/mol. The number of nitrogens with one attached hydrogen (secondary N) is 2. The van der Waals surface area contributed by atoms with Crippen molar-refractivity contribution in [3.63, 3.8) is 0 Å². The molecule has 3 aromatic rings. The molecule has 6 heteroatoms. The van der Waals surface area contributed by atoms with Crippen LogP contribution in [0, 0.1) is 0 Å². The summed E-state index contributed by atoms with van der Waals surface area (Å²) in [5, 5.41) is 4.13. The van der Waals surface area contributed by atoms with Crippen molar-refractivity contribution in [1.29, 1.82) is 0 Å². The zero-order chi connectivity index (χ0) is 15.5. The number of rotatable bonds is 4. The molecule has 0 unspecified atom stereocenters. The molecule has 0 spiro atoms. The van der Waals surface area contributed by atoms with Gasteiger partial charge >= 0.3 is 0 Å². The number of hydrogen-bond donors (Lipinski definition) is 2. The predicted octanol–water partition coefficient (Wildman–Crippen LogP) is 3.22. The van der Waals surface area contributed by atoms with Crippen LogP contribution in [0.25, 0.3) is 10.8 Å². The molecule has 0 fully saturated rings. The maximum absolute atomic E-state index is 12.1. The molecule has 22 heavy (non-hydrogen) atoms. The second kappa shape index (κ2) is 6.34. The van der Waals surface area contributed by atoms with Crippen molar-refractivity contribution in [3.8, 4) is 0 Å². The van der Waals surface area contributed by atoms with Crippen molar-refractivity contribution in [3.05, 3.63) is 67.7 Å². The first kappa shape index (κ1) is 14.8. The second-order valence-electron chi connectivity index (χ2n) is 4.81. The van der Waals surface area contributed by atoms with E-state index in [1.807, 2.05) is 24.3 Å². The number of aromatic nitrogens is 1. The number of halogens is 1. The minimum absolute atomic E-state index is 0.256. The van der Waals surface area contributed by atoms with Crippen molar-refractivity contribution in [2.24, 2.45) is 0 Å². The van der Waals surface area contributed by atoms with Crippen LogP contribution in [0.1, 0.15) is 15.4 Å². The Kier molecular flexibility index (Phi) is 4.27. The molecule has 4 nitrogen and oxygen atoms in total. The van der Waals surface area contributed by atoms with Gasteiger partial charge in [0.25, 0.3) is 11.5 Å². The van der Waals surface area contributed by atoms with Crippen molar-refractivity contribution in [1.82, 2.24) is 10.3 Å². The summed E-state index contributed by atoms with van der Waals surface area (Å²) in [6.45, 7) is 0.491. The average molecular weight is 333 g/mol. The van der Waals surface area contributed by atoms with E-state index < -0.39 is 0 Å². The number of hydrogen-bond acceptors (Lipinski definition) is 3. The summed E-state index contributed by atoms with van der Waals surface area (Å²) in [6, 6.07) is 12.6. The molecule has 0 aliphatic heterocycles. The Morgan fingerprint density at radius 2 is 2.05 bits per heavy atom. The Bertz CT molecular complexity index is 885. The van der Waals surface area contributed by atoms with Crippen LogP contribution in [0.3, 0.4) is 0 Å². The Balaban J connectivity index is 1.71. The first-order valence-electron chi connectivity index (χ1n) is 6.78. The van der Waals surface area contributed by atoms with Crippen molar-refractivity contribution >= 4 is 39.6 Å². The van der Waals surface area contributed by atoms with E-state index in [1.165, 1.54) is 11.3 Å². The lowest BCUT2D eigenvalue weighted by atomic mass is 10.1. The van der Waals surface area contributed by atoms with Gasteiger partial charge in [-0.2, -0.15) is 0 Å². The SMILES string of the molecule is O=C(NCCc1ccc(Cl)s1)c1cc2ccccc2c(=O)[nH]1. The second-order valence-corrected chi connectivity index (χ2v) is 6.61. The summed E-state index contributed by atoms with van der Waals surface area (Å²) in [4.78, 5) is 27.8. The molecule has 0 atom stereocenters. The van der Waals surface area contributed by atoms with E-state index in [0.717, 1.165) is 14.6 Å². The van der Waals surface area contributed by atoms with E-state index in [1.54, 1.807) is 18.2 Å². The molecule has 3 rings (SSSR count). The van der Waals surface area contributed by atoms with Gasteiger partial charge in [-0.15, -0.1) is 11.3 Å². The number of carbonyl (C=O) groups is 1. The highest BCUT2D eigenvalue weighted by Crippen LogP contribution is 2.21. The fraction of sp³-hybridized carbons (Fsp3) is 0.125. The molecule has 0 radical (unpaired) electrons. The topological polar surface area (TPSA) is 62.0 Å². The first-order chi connectivity index (χ1) is 10.6. The van der Waals surface area contributed by atoms with Gasteiger partial charge < -0.3 is 10.3 Å². The van der Waals surface area contributed by atoms with Crippen LogP contribution in [-0.4, -0.2) is 17.4 Å². The smallest absolute Gasteiger partial charge is 0.267 e. The normalized spacial score (nSPS) is 10.8. The Morgan fingerprint density at radius 1 is 1.23 bits per heavy atom. The highest BCUT2D eigenvalue weighted by molar-refractivity contribution is 7.16. The zero-order valence-corrected chi connectivity index (χ0v) is 13.1. The van der Waals surface area contributed by atoms with E-state index >= 15 is 0 Å². The number of carbonyl (C=O) groups excluding carboxylic acids is 1. The lowest BCUT2D eigenvalue weighted by molar-refractivity contribution is 0.0949. The molecule has 2 N–H and O–H groups in total. The largest absolute Gasteiger partial charge is 0.350 e. The number of amides is 1. The van der Waals surface area contributed by atoms with E-state index in [-0.39, 0.29) is 17.2 Å². The fourth-order valence-electron chi connectivity index (χ4n) is 2.21. The van der Waals surface area contributed by atoms with Crippen LogP contribution in [0.4, 0.5) is 0 Å². The highest BCUT2D eigenvalue weighted by Gasteiger charge is 2.09. The van der Waals surface area contributed by atoms with Gasteiger partial charge in [0.05, 0.1) is 4.34 Å². The summed E-state index contributed by atoms with van der Waals surface area (Å²) >= 11 is 7.36. The maximum Gasteiger partial charge on any atom is 0.267 e. The zero-order valence-electron chi connectivity index (χ0n) is 11.6. The van der Waals surface area contributed by atoms with E-state index in [0.29, 0.717) is 18.4 Å². The lowest BCUT2D eigenvalue weighted by Gasteiger charge is -2.05. The van der Waals surface area contributed by atoms with Gasteiger partial charge in [-0.25, -0.2) is 0 Å². The van der Waals surface area contributed by atoms with E-state index in [4.69, 9.17) is 11.6 Å². The summed E-state index contributed by atoms with van der Waals surface area (Å²) in [5.41, 5.74) is 0.0150. The Hall–Kier alpha value is -2.11. The fourth-order valence-corrected chi connectivity index (χ4v) is 3.30. The average Bonchev–Trinajstić information content (AvgIpc) is 2.92. The predicted molar refractivity (Wildman–Crippen MR) is 89.9 cm³/mol. The molecule has 0 saturated carbocycles. The number of fused-ring (bicyclic) bond motifs is 1. The molecule has 112 valence electrons. The molecule has 1 amide bonds. The van der Waals surface area contributed by atoms with Crippen molar-refractivity contribution in [2.75, 3.05) is 6.54 Å². The standard InChI is InChI=1S/C16H13ClN2O2S/c17-14-6-5-11(22-14)7-8-18-16(21)13-9-10-3-1-2-4-12(10)15(20)19-13/h1-6,9H,7-8H2,(H,18,21)(H,19,20). The minimum atomic E-state index is -0.287. The van der Waals surface area contributed by atoms with Crippen LogP contribution in [-0.2, 0) is 6.42 Å². The summed E-state index contributed by atoms with van der Waals surface area (Å²) in [6.07, 6.45) is 0.709. The van der Waals surface area contributed by atoms with Gasteiger partial charge in [-0.05, 0) is 36.1 Å². The Morgan fingerprint density at radius 3 is 2.82 bits per heavy atom. The van der Waals surface area contributed by atoms with Gasteiger partial charge in [-0.1, -0.05) is 29.8 Å². The number of pyridine rings is 1. The molecule has 2 aromatic heterocycles. The molecular formula is C16H13ClN2O2S. The van der Waals surface area contributed by atoms with Crippen molar-refractivity contribution in [2.45, 2.75) is 6.42 Å². The van der Waals surface area contributed by atoms with Gasteiger partial charge in [-0.3, -0.25) is 9.59 Å². The van der Waals surface area contributed by atoms with Crippen LogP contribution in [0.2, 0.25) is 4.34 Å². The quantitative estimate of drug-likeness (QED) is 0.770. The third-order valence-electron chi connectivity index (χ3n) is 3.28. The summed E-state index contributed by atoms with van der Waals surface area (Å²) in [5.74, 6) is -0.287. The molecule has 0 aliphatic carbocycles. The maximum atomic E-state index is 12.1. The summed E-state index contributed by atoms with van der Waals surface area (Å²) in [7, 11) is 0. The third-order valence-corrected chi connectivity index (χ3v) is 4.57. The van der Waals surface area contributed by atoms with E-state index in [9.17, 15) is 9.59 Å². The number of thiophene rings is 1. The van der Waals surface area contributed by atoms with Crippen LogP contribution < -0.4 is 10.9 Å². The van der Waals surface area contributed by atoms with Gasteiger partial charge in [0.1, 0.15) is 5.69 Å². The van der Waals surface area contributed by atoms with E-state index in [2.05, 4.69) is 10.3 Å². The molecule has 0 aliphatic rings. The number of aromatic amines is 1. The van der Waals surface area contributed by atoms with Gasteiger partial charge in [0.15, 0.2) is 0 Å². The Labute approximate surface area is 135 Å². The number of benzene rings is 1. The highest BCUT2D eigenvalue weighted by atomic mass is 35.5.